The topological polar surface area (TPSA) is 74.6 Å². The molecule has 0 rings (SSSR count). The molecule has 0 bridgehead atoms. The zero-order valence-corrected chi connectivity index (χ0v) is 17.7. The molecule has 6 heteroatoms. The van der Waals surface area contributed by atoms with Crippen LogP contribution in [0, 0.1) is 12.8 Å². The van der Waals surface area contributed by atoms with Crippen molar-refractivity contribution in [2.24, 2.45) is 5.92 Å². The van der Waals surface area contributed by atoms with Crippen LogP contribution in [0.5, 0.6) is 0 Å². The van der Waals surface area contributed by atoms with Gasteiger partial charge in [0.1, 0.15) is 0 Å². The predicted octanol–water partition coefficient (Wildman–Crippen LogP) is 2.51. The molecule has 4 nitrogen and oxygen atoms in total. The zero-order valence-electron chi connectivity index (χ0n) is 14.9. The fourth-order valence-electron chi connectivity index (χ4n) is 2.26. The zero-order chi connectivity index (χ0) is 16.6. The first-order valence-corrected chi connectivity index (χ1v) is 9.70. The molecule has 0 aliphatic rings. The van der Waals surface area contributed by atoms with E-state index in [4.69, 9.17) is 17.5 Å². The molecule has 1 unspecified atom stereocenters. The van der Waals surface area contributed by atoms with E-state index in [1.54, 1.807) is 0 Å². The second kappa shape index (κ2) is 19.9. The summed E-state index contributed by atoms with van der Waals surface area (Å²) in [5.41, 5.74) is 0. The summed E-state index contributed by atoms with van der Waals surface area (Å²) in [4.78, 5) is 0. The maximum absolute atomic E-state index is 8.74. The van der Waals surface area contributed by atoms with Gasteiger partial charge < -0.3 is 6.92 Å². The standard InChI is InChI=1S/C16H33.Na.H2O4S/c1-4-6-8-10-11-13-15-16(3)14-12-9-7-5-2;;1-5(2,3)4/h16H,2,4-15H2,1,3H3;;(H2,1,2,3,4)/q-1;+1;. The minimum absolute atomic E-state index is 0. The summed E-state index contributed by atoms with van der Waals surface area (Å²) < 4.78 is 31.6. The van der Waals surface area contributed by atoms with Crippen LogP contribution < -0.4 is 29.6 Å². The van der Waals surface area contributed by atoms with E-state index < -0.39 is 10.4 Å². The van der Waals surface area contributed by atoms with Crippen molar-refractivity contribution in [1.29, 1.82) is 0 Å². The quantitative estimate of drug-likeness (QED) is 0.246. The first kappa shape index (κ1) is 27.7. The van der Waals surface area contributed by atoms with Crippen molar-refractivity contribution in [3.63, 3.8) is 0 Å². The van der Waals surface area contributed by atoms with Crippen LogP contribution in [0.1, 0.15) is 90.9 Å². The van der Waals surface area contributed by atoms with Gasteiger partial charge in [-0.25, -0.2) is 0 Å². The second-order valence-corrected chi connectivity index (χ2v) is 6.71. The third-order valence-electron chi connectivity index (χ3n) is 3.50. The molecule has 1 atom stereocenters. The van der Waals surface area contributed by atoms with E-state index >= 15 is 0 Å². The number of rotatable bonds is 12. The van der Waals surface area contributed by atoms with Gasteiger partial charge in [0.25, 0.3) is 0 Å². The first-order valence-electron chi connectivity index (χ1n) is 8.30. The molecule has 0 aromatic rings. The summed E-state index contributed by atoms with van der Waals surface area (Å²) in [6, 6.07) is 0. The molecule has 130 valence electrons. The molecule has 0 saturated carbocycles. The van der Waals surface area contributed by atoms with E-state index in [1.807, 2.05) is 0 Å². The first-order chi connectivity index (χ1) is 9.81. The van der Waals surface area contributed by atoms with E-state index in [2.05, 4.69) is 20.8 Å². The monoisotopic (exact) mass is 346 g/mol. The van der Waals surface area contributed by atoms with Crippen molar-refractivity contribution in [1.82, 2.24) is 0 Å². The van der Waals surface area contributed by atoms with Gasteiger partial charge in [-0.1, -0.05) is 84.5 Å². The van der Waals surface area contributed by atoms with Crippen molar-refractivity contribution >= 4 is 10.4 Å². The molecule has 22 heavy (non-hydrogen) atoms. The summed E-state index contributed by atoms with van der Waals surface area (Å²) in [6.45, 7) is 8.60. The summed E-state index contributed by atoms with van der Waals surface area (Å²) >= 11 is 0. The normalized spacial score (nSPS) is 12.0. The summed E-state index contributed by atoms with van der Waals surface area (Å²) in [7, 11) is -4.67. The molecular formula is C16H35NaO4S. The van der Waals surface area contributed by atoms with Crippen LogP contribution >= 0.6 is 0 Å². The second-order valence-electron chi connectivity index (χ2n) is 5.81. The molecule has 0 aromatic carbocycles. The third-order valence-corrected chi connectivity index (χ3v) is 3.50. The maximum atomic E-state index is 8.74. The Hall–Kier alpha value is 0.870. The molecule has 0 heterocycles. The van der Waals surface area contributed by atoms with Crippen LogP contribution in [0.2, 0.25) is 0 Å². The van der Waals surface area contributed by atoms with Gasteiger partial charge in [0.15, 0.2) is 0 Å². The van der Waals surface area contributed by atoms with Crippen LogP contribution in [0.15, 0.2) is 0 Å². The largest absolute Gasteiger partial charge is 1.00 e. The Morgan fingerprint density at radius 3 is 1.64 bits per heavy atom. The maximum Gasteiger partial charge on any atom is 1.00 e. The van der Waals surface area contributed by atoms with E-state index in [-0.39, 0.29) is 29.6 Å². The van der Waals surface area contributed by atoms with Gasteiger partial charge in [-0.2, -0.15) is 14.8 Å². The SMILES string of the molecule is O=S(=O)(O)O.[CH2-]CCCCCC(C)CCCCCCCC.[Na+]. The van der Waals surface area contributed by atoms with Crippen LogP contribution in [0.25, 0.3) is 0 Å². The predicted molar refractivity (Wildman–Crippen MR) is 89.8 cm³/mol. The minimum atomic E-state index is -4.67. The number of hydrogen-bond donors (Lipinski definition) is 2. The Morgan fingerprint density at radius 1 is 0.864 bits per heavy atom. The fraction of sp³-hybridized carbons (Fsp3) is 0.938. The third kappa shape index (κ3) is 37.3. The fourth-order valence-corrected chi connectivity index (χ4v) is 2.26. The molecule has 0 fully saturated rings. The summed E-state index contributed by atoms with van der Waals surface area (Å²) in [5, 5.41) is 0. The Bertz CT molecular complexity index is 287. The van der Waals surface area contributed by atoms with Crippen LogP contribution in [0.4, 0.5) is 0 Å². The Morgan fingerprint density at radius 2 is 1.23 bits per heavy atom. The molecule has 0 amide bonds. The van der Waals surface area contributed by atoms with Gasteiger partial charge in [-0.05, 0) is 5.92 Å². The van der Waals surface area contributed by atoms with Gasteiger partial charge in [-0.3, -0.25) is 9.11 Å². The van der Waals surface area contributed by atoms with Gasteiger partial charge in [0.05, 0.1) is 0 Å². The van der Waals surface area contributed by atoms with Gasteiger partial charge in [0.2, 0.25) is 0 Å². The van der Waals surface area contributed by atoms with Crippen molar-refractivity contribution in [2.75, 3.05) is 0 Å². The average molecular weight is 347 g/mol. The van der Waals surface area contributed by atoms with E-state index in [0.717, 1.165) is 12.3 Å². The average Bonchev–Trinajstić information content (AvgIpc) is 2.37. The Balaban J connectivity index is -0.000000520. The molecule has 0 saturated heterocycles. The van der Waals surface area contributed by atoms with Gasteiger partial charge in [0, 0.05) is 0 Å². The Kier molecular flexibility index (Phi) is 25.1. The molecule has 0 aliphatic heterocycles. The van der Waals surface area contributed by atoms with E-state index in [9.17, 15) is 0 Å². The number of unbranched alkanes of at least 4 members (excludes halogenated alkanes) is 8. The number of hydrogen-bond acceptors (Lipinski definition) is 2. The van der Waals surface area contributed by atoms with Gasteiger partial charge >= 0.3 is 40.0 Å². The smallest absolute Gasteiger partial charge is 0.343 e. The van der Waals surface area contributed by atoms with E-state index in [0.29, 0.717) is 0 Å². The summed E-state index contributed by atoms with van der Waals surface area (Å²) in [5.74, 6) is 0.955. The summed E-state index contributed by atoms with van der Waals surface area (Å²) in [6.07, 6.45) is 16.8. The molecule has 2 N–H and O–H groups in total. The van der Waals surface area contributed by atoms with Crippen molar-refractivity contribution in [2.45, 2.75) is 90.9 Å². The van der Waals surface area contributed by atoms with Crippen LogP contribution in [0.3, 0.4) is 0 Å². The van der Waals surface area contributed by atoms with Crippen molar-refractivity contribution in [3.05, 3.63) is 6.92 Å². The molecule has 0 aromatic heterocycles. The molecule has 0 radical (unpaired) electrons. The molecular weight excluding hydrogens is 311 g/mol. The van der Waals surface area contributed by atoms with Crippen molar-refractivity contribution < 1.29 is 47.1 Å². The van der Waals surface area contributed by atoms with Gasteiger partial charge in [-0.15, -0.1) is 0 Å². The van der Waals surface area contributed by atoms with Crippen LogP contribution in [-0.4, -0.2) is 17.5 Å². The minimum Gasteiger partial charge on any atom is -0.343 e. The molecule has 0 aliphatic carbocycles. The molecule has 0 spiro atoms. The van der Waals surface area contributed by atoms with Crippen LogP contribution in [-0.2, 0) is 10.4 Å². The van der Waals surface area contributed by atoms with Crippen molar-refractivity contribution in [3.8, 4) is 0 Å². The van der Waals surface area contributed by atoms with E-state index in [1.165, 1.54) is 70.6 Å². The Labute approximate surface area is 160 Å².